The molecule has 1 aliphatic rings. The van der Waals surface area contributed by atoms with E-state index in [2.05, 4.69) is 10.2 Å². The van der Waals surface area contributed by atoms with E-state index in [1.54, 1.807) is 0 Å². The molecule has 1 fully saturated rings. The smallest absolute Gasteiger partial charge is 0.322 e. The van der Waals surface area contributed by atoms with Gasteiger partial charge in [0.1, 0.15) is 6.54 Å². The first-order valence-corrected chi connectivity index (χ1v) is 7.15. The minimum absolute atomic E-state index is 0.167. The molecule has 2 N–H and O–H groups in total. The summed E-state index contributed by atoms with van der Waals surface area (Å²) in [7, 11) is 1.99. The molecule has 0 spiro atoms. The van der Waals surface area contributed by atoms with Crippen LogP contribution in [0.2, 0.25) is 0 Å². The van der Waals surface area contributed by atoms with E-state index in [-0.39, 0.29) is 24.4 Å². The Bertz CT molecular complexity index is 312. The third-order valence-corrected chi connectivity index (χ3v) is 3.90. The summed E-state index contributed by atoms with van der Waals surface area (Å²) in [4.78, 5) is 24.8. The molecule has 0 saturated heterocycles. The Hall–Kier alpha value is -1.10. The molecular weight excluding hydrogens is 244 g/mol. The number of likely N-dealkylation sites (N-methyl/N-ethyl adjacent to an activating group) is 1. The Kier molecular flexibility index (Phi) is 6.28. The SMILES string of the molecule is CC(C)C(C(=O)NCC(=O)O)N(C)C1CCCCC1. The van der Waals surface area contributed by atoms with E-state index >= 15 is 0 Å². The molecule has 5 heteroatoms. The van der Waals surface area contributed by atoms with Crippen LogP contribution >= 0.6 is 0 Å². The minimum Gasteiger partial charge on any atom is -0.480 e. The monoisotopic (exact) mass is 270 g/mol. The molecular formula is C14H26N2O3. The van der Waals surface area contributed by atoms with Crippen molar-refractivity contribution >= 4 is 11.9 Å². The molecule has 1 atom stereocenters. The highest BCUT2D eigenvalue weighted by molar-refractivity contribution is 5.85. The van der Waals surface area contributed by atoms with Gasteiger partial charge in [-0.05, 0) is 25.8 Å². The molecule has 0 aromatic heterocycles. The molecule has 0 heterocycles. The first-order valence-electron chi connectivity index (χ1n) is 7.15. The predicted molar refractivity (Wildman–Crippen MR) is 73.9 cm³/mol. The lowest BCUT2D eigenvalue weighted by Gasteiger charge is -2.38. The summed E-state index contributed by atoms with van der Waals surface area (Å²) in [5.41, 5.74) is 0. The molecule has 1 aliphatic carbocycles. The highest BCUT2D eigenvalue weighted by atomic mass is 16.4. The molecule has 0 aliphatic heterocycles. The van der Waals surface area contributed by atoms with Gasteiger partial charge < -0.3 is 10.4 Å². The maximum Gasteiger partial charge on any atom is 0.322 e. The molecule has 19 heavy (non-hydrogen) atoms. The zero-order chi connectivity index (χ0) is 14.4. The van der Waals surface area contributed by atoms with Crippen LogP contribution in [0.25, 0.3) is 0 Å². The van der Waals surface area contributed by atoms with Gasteiger partial charge >= 0.3 is 5.97 Å². The molecule has 0 bridgehead atoms. The van der Waals surface area contributed by atoms with Crippen LogP contribution in [0.1, 0.15) is 46.0 Å². The fourth-order valence-electron chi connectivity index (χ4n) is 2.94. The fourth-order valence-corrected chi connectivity index (χ4v) is 2.94. The second-order valence-electron chi connectivity index (χ2n) is 5.76. The van der Waals surface area contributed by atoms with E-state index in [4.69, 9.17) is 5.11 Å². The van der Waals surface area contributed by atoms with Gasteiger partial charge in [0.25, 0.3) is 0 Å². The van der Waals surface area contributed by atoms with E-state index < -0.39 is 5.97 Å². The largest absolute Gasteiger partial charge is 0.480 e. The van der Waals surface area contributed by atoms with Gasteiger partial charge in [-0.2, -0.15) is 0 Å². The summed E-state index contributed by atoms with van der Waals surface area (Å²) in [6.07, 6.45) is 5.98. The number of amides is 1. The molecule has 1 unspecified atom stereocenters. The highest BCUT2D eigenvalue weighted by Gasteiger charge is 2.31. The molecule has 0 aromatic rings. The van der Waals surface area contributed by atoms with Gasteiger partial charge in [0.05, 0.1) is 6.04 Å². The third kappa shape index (κ3) is 4.82. The minimum atomic E-state index is -1.00. The summed E-state index contributed by atoms with van der Waals surface area (Å²) >= 11 is 0. The van der Waals surface area contributed by atoms with Crippen LogP contribution in [-0.2, 0) is 9.59 Å². The zero-order valence-electron chi connectivity index (χ0n) is 12.2. The number of nitrogens with zero attached hydrogens (tertiary/aromatic N) is 1. The van der Waals surface area contributed by atoms with Crippen LogP contribution in [0.4, 0.5) is 0 Å². The van der Waals surface area contributed by atoms with Crippen LogP contribution < -0.4 is 5.32 Å². The number of rotatable bonds is 6. The summed E-state index contributed by atoms with van der Waals surface area (Å²) in [5.74, 6) is -1.01. The summed E-state index contributed by atoms with van der Waals surface area (Å²) < 4.78 is 0. The van der Waals surface area contributed by atoms with Crippen molar-refractivity contribution < 1.29 is 14.7 Å². The molecule has 0 aromatic carbocycles. The summed E-state index contributed by atoms with van der Waals surface area (Å²) in [5, 5.41) is 11.1. The first kappa shape index (κ1) is 16.0. The first-order chi connectivity index (χ1) is 8.93. The Balaban J connectivity index is 2.64. The quantitative estimate of drug-likeness (QED) is 0.767. The predicted octanol–water partition coefficient (Wildman–Crippen LogP) is 1.48. The van der Waals surface area contributed by atoms with Gasteiger partial charge in [0, 0.05) is 6.04 Å². The summed E-state index contributed by atoms with van der Waals surface area (Å²) in [6, 6.07) is 0.194. The lowest BCUT2D eigenvalue weighted by atomic mass is 9.91. The van der Waals surface area contributed by atoms with Gasteiger partial charge in [-0.25, -0.2) is 0 Å². The van der Waals surface area contributed by atoms with Crippen molar-refractivity contribution in [3.8, 4) is 0 Å². The normalized spacial score (nSPS) is 18.6. The Morgan fingerprint density at radius 3 is 2.32 bits per heavy atom. The second kappa shape index (κ2) is 7.48. The van der Waals surface area contributed by atoms with Gasteiger partial charge in [-0.3, -0.25) is 14.5 Å². The van der Waals surface area contributed by atoms with Crippen molar-refractivity contribution in [3.63, 3.8) is 0 Å². The van der Waals surface area contributed by atoms with Gasteiger partial charge in [-0.15, -0.1) is 0 Å². The Morgan fingerprint density at radius 1 is 1.26 bits per heavy atom. The standard InChI is InChI=1S/C14H26N2O3/c1-10(2)13(14(19)15-9-12(17)18)16(3)11-7-5-4-6-8-11/h10-11,13H,4-9H2,1-3H3,(H,15,19)(H,17,18). The lowest BCUT2D eigenvalue weighted by Crippen LogP contribution is -2.53. The number of aliphatic carboxylic acids is 1. The van der Waals surface area contributed by atoms with Gasteiger partial charge in [-0.1, -0.05) is 33.1 Å². The zero-order valence-corrected chi connectivity index (χ0v) is 12.2. The Labute approximate surface area is 115 Å². The van der Waals surface area contributed by atoms with Crippen molar-refractivity contribution in [1.29, 1.82) is 0 Å². The Morgan fingerprint density at radius 2 is 1.84 bits per heavy atom. The maximum atomic E-state index is 12.2. The number of hydrogen-bond acceptors (Lipinski definition) is 3. The van der Waals surface area contributed by atoms with Crippen LogP contribution in [-0.4, -0.2) is 47.6 Å². The van der Waals surface area contributed by atoms with Gasteiger partial charge in [0.15, 0.2) is 0 Å². The highest BCUT2D eigenvalue weighted by Crippen LogP contribution is 2.25. The summed E-state index contributed by atoms with van der Waals surface area (Å²) in [6.45, 7) is 3.70. The van der Waals surface area contributed by atoms with Crippen molar-refractivity contribution in [2.75, 3.05) is 13.6 Å². The van der Waals surface area contributed by atoms with Gasteiger partial charge in [0.2, 0.25) is 5.91 Å². The van der Waals surface area contributed by atoms with Crippen molar-refractivity contribution in [1.82, 2.24) is 10.2 Å². The van der Waals surface area contributed by atoms with Crippen LogP contribution in [0, 0.1) is 5.92 Å². The van der Waals surface area contributed by atoms with Crippen molar-refractivity contribution in [2.24, 2.45) is 5.92 Å². The molecule has 5 nitrogen and oxygen atoms in total. The molecule has 1 saturated carbocycles. The van der Waals surface area contributed by atoms with E-state index in [0.717, 1.165) is 12.8 Å². The number of hydrogen-bond donors (Lipinski definition) is 2. The van der Waals surface area contributed by atoms with Crippen LogP contribution in [0.15, 0.2) is 0 Å². The lowest BCUT2D eigenvalue weighted by molar-refractivity contribution is -0.139. The van der Waals surface area contributed by atoms with Crippen molar-refractivity contribution in [3.05, 3.63) is 0 Å². The molecule has 110 valence electrons. The third-order valence-electron chi connectivity index (χ3n) is 3.90. The average Bonchev–Trinajstić information content (AvgIpc) is 2.37. The fraction of sp³-hybridized carbons (Fsp3) is 0.857. The van der Waals surface area contributed by atoms with Crippen LogP contribution in [0.5, 0.6) is 0 Å². The topological polar surface area (TPSA) is 69.6 Å². The number of carboxylic acid groups (broad SMARTS) is 1. The van der Waals surface area contributed by atoms with E-state index in [0.29, 0.717) is 6.04 Å². The van der Waals surface area contributed by atoms with E-state index in [1.807, 2.05) is 20.9 Å². The second-order valence-corrected chi connectivity index (χ2v) is 5.76. The number of carbonyl (C=O) groups is 2. The number of nitrogens with one attached hydrogen (secondary N) is 1. The van der Waals surface area contributed by atoms with Crippen molar-refractivity contribution in [2.45, 2.75) is 58.0 Å². The number of carbonyl (C=O) groups excluding carboxylic acids is 1. The van der Waals surface area contributed by atoms with Crippen LogP contribution in [0.3, 0.4) is 0 Å². The average molecular weight is 270 g/mol. The maximum absolute atomic E-state index is 12.2. The van der Waals surface area contributed by atoms with E-state index in [9.17, 15) is 9.59 Å². The molecule has 0 radical (unpaired) electrons. The molecule has 1 amide bonds. The number of carboxylic acids is 1. The van der Waals surface area contributed by atoms with E-state index in [1.165, 1.54) is 19.3 Å². The molecule has 1 rings (SSSR count).